The first-order valence-corrected chi connectivity index (χ1v) is 8.58. The monoisotopic (exact) mass is 349 g/mol. The van der Waals surface area contributed by atoms with E-state index >= 15 is 0 Å². The topological polar surface area (TPSA) is 72.7 Å². The van der Waals surface area contributed by atoms with Crippen molar-refractivity contribution in [3.63, 3.8) is 0 Å². The fraction of sp³-hybridized carbons (Fsp3) is 0.250. The summed E-state index contributed by atoms with van der Waals surface area (Å²) >= 11 is 0. The number of benzene rings is 1. The Morgan fingerprint density at radius 2 is 2.00 bits per heavy atom. The van der Waals surface area contributed by atoms with E-state index in [0.29, 0.717) is 11.6 Å². The van der Waals surface area contributed by atoms with Crippen LogP contribution in [0.4, 0.5) is 0 Å². The highest BCUT2D eigenvalue weighted by molar-refractivity contribution is 5.94. The molecule has 1 aromatic carbocycles. The molecule has 0 aliphatic heterocycles. The molecule has 6 heteroatoms. The molecular formula is C20H19N3O3. The quantitative estimate of drug-likeness (QED) is 0.768. The number of aromatic nitrogens is 2. The molecule has 1 unspecified atom stereocenters. The standard InChI is InChI=1S/C20H19N3O3/c1-26-15-9-7-14(8-10-15)18(13-5-6-13)22-19(24)16-12-21-17-4-2-3-11-23(17)20(16)25/h2-4,7-13,18H,5-6H2,1H3,(H,22,24). The lowest BCUT2D eigenvalue weighted by Gasteiger charge is -2.19. The van der Waals surface area contributed by atoms with Crippen LogP contribution in [0.5, 0.6) is 5.75 Å². The van der Waals surface area contributed by atoms with Crippen LogP contribution in [-0.2, 0) is 0 Å². The van der Waals surface area contributed by atoms with Crippen molar-refractivity contribution in [3.05, 3.63) is 76.3 Å². The Morgan fingerprint density at radius 3 is 2.69 bits per heavy atom. The Kier molecular flexibility index (Phi) is 4.16. The molecule has 4 rings (SSSR count). The minimum absolute atomic E-state index is 0.0489. The number of hydrogen-bond acceptors (Lipinski definition) is 4. The normalized spacial score (nSPS) is 14.8. The lowest BCUT2D eigenvalue weighted by molar-refractivity contribution is 0.0929. The van der Waals surface area contributed by atoms with Crippen molar-refractivity contribution in [2.24, 2.45) is 5.92 Å². The summed E-state index contributed by atoms with van der Waals surface area (Å²) in [6.45, 7) is 0. The van der Waals surface area contributed by atoms with Gasteiger partial charge in [0.25, 0.3) is 11.5 Å². The maximum Gasteiger partial charge on any atom is 0.270 e. The molecule has 26 heavy (non-hydrogen) atoms. The van der Waals surface area contributed by atoms with E-state index in [9.17, 15) is 9.59 Å². The van der Waals surface area contributed by atoms with E-state index in [1.807, 2.05) is 24.3 Å². The third-order valence-electron chi connectivity index (χ3n) is 4.71. The maximum absolute atomic E-state index is 12.8. The molecule has 0 bridgehead atoms. The van der Waals surface area contributed by atoms with Crippen molar-refractivity contribution in [2.45, 2.75) is 18.9 Å². The van der Waals surface area contributed by atoms with E-state index in [1.54, 1.807) is 31.5 Å². The molecule has 1 N–H and O–H groups in total. The van der Waals surface area contributed by atoms with Gasteiger partial charge >= 0.3 is 0 Å². The minimum Gasteiger partial charge on any atom is -0.497 e. The first kappa shape index (κ1) is 16.3. The Balaban J connectivity index is 1.63. The largest absolute Gasteiger partial charge is 0.497 e. The summed E-state index contributed by atoms with van der Waals surface area (Å²) in [5.41, 5.74) is 1.21. The molecule has 1 fully saturated rings. The number of nitrogens with zero attached hydrogens (tertiary/aromatic N) is 2. The van der Waals surface area contributed by atoms with Crippen molar-refractivity contribution in [2.75, 3.05) is 7.11 Å². The van der Waals surface area contributed by atoms with Gasteiger partial charge in [-0.05, 0) is 48.6 Å². The molecule has 1 saturated carbocycles. The summed E-state index contributed by atoms with van der Waals surface area (Å²) < 4.78 is 6.58. The molecule has 132 valence electrons. The van der Waals surface area contributed by atoms with Crippen molar-refractivity contribution >= 4 is 11.6 Å². The SMILES string of the molecule is COc1ccc(C(NC(=O)c2cnc3ccccn3c2=O)C2CC2)cc1. The zero-order chi connectivity index (χ0) is 18.1. The number of amides is 1. The number of carbonyl (C=O) groups is 1. The highest BCUT2D eigenvalue weighted by Crippen LogP contribution is 2.41. The molecular weight excluding hydrogens is 330 g/mol. The zero-order valence-corrected chi connectivity index (χ0v) is 14.4. The number of hydrogen-bond donors (Lipinski definition) is 1. The van der Waals surface area contributed by atoms with Gasteiger partial charge in [0.05, 0.1) is 13.2 Å². The third-order valence-corrected chi connectivity index (χ3v) is 4.71. The highest BCUT2D eigenvalue weighted by Gasteiger charge is 2.34. The van der Waals surface area contributed by atoms with Gasteiger partial charge in [-0.3, -0.25) is 14.0 Å². The molecule has 2 heterocycles. The molecule has 3 aromatic rings. The van der Waals surface area contributed by atoms with Crippen LogP contribution >= 0.6 is 0 Å². The highest BCUT2D eigenvalue weighted by atomic mass is 16.5. The molecule has 1 aliphatic rings. The molecule has 1 amide bonds. The lowest BCUT2D eigenvalue weighted by Crippen LogP contribution is -2.35. The number of nitrogens with one attached hydrogen (secondary N) is 1. The smallest absolute Gasteiger partial charge is 0.270 e. The Morgan fingerprint density at radius 1 is 1.23 bits per heavy atom. The van der Waals surface area contributed by atoms with Gasteiger partial charge in [0, 0.05) is 12.4 Å². The Labute approximate surface area is 150 Å². The van der Waals surface area contributed by atoms with Gasteiger partial charge in [0.2, 0.25) is 0 Å². The molecule has 6 nitrogen and oxygen atoms in total. The van der Waals surface area contributed by atoms with Crippen molar-refractivity contribution < 1.29 is 9.53 Å². The van der Waals surface area contributed by atoms with E-state index in [1.165, 1.54) is 10.6 Å². The molecule has 0 saturated heterocycles. The lowest BCUT2D eigenvalue weighted by atomic mass is 10.0. The van der Waals surface area contributed by atoms with Crippen LogP contribution in [0, 0.1) is 5.92 Å². The molecule has 0 spiro atoms. The molecule has 1 atom stereocenters. The van der Waals surface area contributed by atoms with Gasteiger partial charge in [-0.15, -0.1) is 0 Å². The van der Waals surface area contributed by atoms with Gasteiger partial charge in [-0.2, -0.15) is 0 Å². The summed E-state index contributed by atoms with van der Waals surface area (Å²) in [6.07, 6.45) is 5.09. The van der Waals surface area contributed by atoms with Crippen LogP contribution in [0.15, 0.2) is 59.7 Å². The van der Waals surface area contributed by atoms with Gasteiger partial charge in [-0.1, -0.05) is 18.2 Å². The molecule has 0 radical (unpaired) electrons. The van der Waals surface area contributed by atoms with E-state index in [-0.39, 0.29) is 17.2 Å². The van der Waals surface area contributed by atoms with E-state index < -0.39 is 5.91 Å². The van der Waals surface area contributed by atoms with Crippen LogP contribution in [0.2, 0.25) is 0 Å². The fourth-order valence-corrected chi connectivity index (χ4v) is 3.12. The summed E-state index contributed by atoms with van der Waals surface area (Å²) in [4.78, 5) is 29.6. The van der Waals surface area contributed by atoms with E-state index in [4.69, 9.17) is 4.74 Å². The predicted molar refractivity (Wildman–Crippen MR) is 97.4 cm³/mol. The summed E-state index contributed by atoms with van der Waals surface area (Å²) in [5.74, 6) is 0.767. The van der Waals surface area contributed by atoms with Crippen LogP contribution in [0.25, 0.3) is 5.65 Å². The van der Waals surface area contributed by atoms with E-state index in [2.05, 4.69) is 10.3 Å². The second-order valence-electron chi connectivity index (χ2n) is 6.47. The fourth-order valence-electron chi connectivity index (χ4n) is 3.12. The maximum atomic E-state index is 12.8. The average Bonchev–Trinajstić information content (AvgIpc) is 3.52. The first-order chi connectivity index (χ1) is 12.7. The third kappa shape index (κ3) is 3.06. The second kappa shape index (κ2) is 6.63. The minimum atomic E-state index is -0.395. The zero-order valence-electron chi connectivity index (χ0n) is 14.4. The number of methoxy groups -OCH3 is 1. The van der Waals surface area contributed by atoms with Crippen LogP contribution in [-0.4, -0.2) is 22.4 Å². The van der Waals surface area contributed by atoms with Crippen LogP contribution in [0.3, 0.4) is 0 Å². The molecule has 2 aromatic heterocycles. The van der Waals surface area contributed by atoms with Gasteiger partial charge < -0.3 is 10.1 Å². The number of pyridine rings is 1. The number of carbonyl (C=O) groups excluding carboxylic acids is 1. The van der Waals surface area contributed by atoms with Crippen molar-refractivity contribution in [1.82, 2.24) is 14.7 Å². The van der Waals surface area contributed by atoms with Gasteiger partial charge in [0.1, 0.15) is 17.0 Å². The first-order valence-electron chi connectivity index (χ1n) is 8.58. The summed E-state index contributed by atoms with van der Waals surface area (Å²) in [6, 6.07) is 12.8. The number of fused-ring (bicyclic) bond motifs is 1. The average molecular weight is 349 g/mol. The van der Waals surface area contributed by atoms with Crippen molar-refractivity contribution in [3.8, 4) is 5.75 Å². The number of rotatable bonds is 5. The number of ether oxygens (including phenoxy) is 1. The van der Waals surface area contributed by atoms with Gasteiger partial charge in [0.15, 0.2) is 0 Å². The Hall–Kier alpha value is -3.15. The van der Waals surface area contributed by atoms with Crippen LogP contribution < -0.4 is 15.6 Å². The van der Waals surface area contributed by atoms with Crippen molar-refractivity contribution in [1.29, 1.82) is 0 Å². The second-order valence-corrected chi connectivity index (χ2v) is 6.47. The van der Waals surface area contributed by atoms with E-state index in [0.717, 1.165) is 24.2 Å². The summed E-state index contributed by atoms with van der Waals surface area (Å²) in [5, 5.41) is 3.02. The van der Waals surface area contributed by atoms with Crippen LogP contribution in [0.1, 0.15) is 34.8 Å². The Bertz CT molecular complexity index is 1010. The summed E-state index contributed by atoms with van der Waals surface area (Å²) in [7, 11) is 1.62. The predicted octanol–water partition coefficient (Wildman–Crippen LogP) is 2.58. The van der Waals surface area contributed by atoms with Gasteiger partial charge in [-0.25, -0.2) is 4.98 Å². The molecule has 1 aliphatic carbocycles.